The number of hydrogen-bond donors (Lipinski definition) is 4. The van der Waals surface area contributed by atoms with Crippen LogP contribution in [-0.2, 0) is 116 Å². The van der Waals surface area contributed by atoms with Crippen LogP contribution in [0.5, 0.6) is 0 Å². The summed E-state index contributed by atoms with van der Waals surface area (Å²) < 4.78 is 160. The summed E-state index contributed by atoms with van der Waals surface area (Å²) in [5.41, 5.74) is 10.0. The molecule has 8 aliphatic rings. The predicted molar refractivity (Wildman–Crippen MR) is 511 cm³/mol. The molecule has 4 aliphatic carbocycles. The summed E-state index contributed by atoms with van der Waals surface area (Å²) in [7, 11) is -7.79. The Bertz CT molecular complexity index is 6960. The van der Waals surface area contributed by atoms with E-state index in [-0.39, 0.29) is 94.4 Å². The van der Waals surface area contributed by atoms with Gasteiger partial charge >= 0.3 is 0 Å². The lowest BCUT2D eigenvalue weighted by molar-refractivity contribution is 0.0882. The highest BCUT2D eigenvalue weighted by Gasteiger charge is 2.56. The number of halogens is 4. The van der Waals surface area contributed by atoms with Crippen molar-refractivity contribution in [2.45, 2.75) is 172 Å². The van der Waals surface area contributed by atoms with Crippen LogP contribution in [0.3, 0.4) is 0 Å². The highest BCUT2D eigenvalue weighted by atomic mass is 35.5. The number of aromatic nitrogens is 8. The third kappa shape index (κ3) is 18.9. The lowest BCUT2D eigenvalue weighted by Crippen LogP contribution is -2.54. The second-order valence-electron chi connectivity index (χ2n) is 36.2. The van der Waals surface area contributed by atoms with E-state index in [9.17, 15) is 66.0 Å². The molecule has 4 aliphatic heterocycles. The Morgan fingerprint density at radius 2 is 0.618 bits per heavy atom. The topological polar surface area (TPSA) is 337 Å². The first-order chi connectivity index (χ1) is 64.0. The van der Waals surface area contributed by atoms with E-state index >= 15 is 0 Å². The standard InChI is InChI=1S/C25H27FN4O3S.C25H28N4O3S.C24H25ClN4O3S.C24H24F2N4O3S.2CH4/c1-17-7-8-19(21(26)13-17)24(31)28-22-14-18-5-3-4-6-20(18)25(22)9-11-30(12-10-25)34(32,33)23-15-29(2)16-27-23;1-18-7-9-19(10-8-18)24(30)27-22-15-20-5-3-4-6-21(20)25(22)11-13-29(14-12-25)33(31,32)23-16-28(2)17-26-23;1-28-15-22(26-16-28)33(31,32)29-12-10-24(11-13-29)19-8-4-2-6-17(19)14-21(24)27-23(30)18-7-3-5-9-20(18)25;1-29-14-21(27-15-29)34(32,33)30-11-9-24(10-12-30)17-6-3-2-5-16(17)13-20(24)28-23(31)22-18(25)7-4-8-19(22)26;;/h3-8,13,15-16,22H,9-12,14H2,1-2H3,(H,28,31);3-10,16-17,22H,11-15H2,1-2H3,(H,27,30);2-9,15-16,21H,10-14H2,1H3,(H,27,30);2-8,14-15,20H,9-13H2,1H3,(H,28,31);2*1H4. The molecule has 4 unspecified atom stereocenters. The summed E-state index contributed by atoms with van der Waals surface area (Å²) in [6, 6.07) is 54.0. The number of carbonyl (C=O) groups excluding carboxylic acids is 4. The molecule has 0 radical (unpaired) electrons. The van der Waals surface area contributed by atoms with Crippen molar-refractivity contribution in [2.24, 2.45) is 28.2 Å². The van der Waals surface area contributed by atoms with Gasteiger partial charge < -0.3 is 39.5 Å². The smallest absolute Gasteiger partial charge is 0.262 e. The summed E-state index contributed by atoms with van der Waals surface area (Å²) in [5.74, 6) is -3.93. The third-order valence-electron chi connectivity index (χ3n) is 28.4. The van der Waals surface area contributed by atoms with Crippen molar-refractivity contribution in [1.82, 2.24) is 76.7 Å². The molecule has 4 N–H and O–H groups in total. The molecular weight excluding hydrogens is 1840 g/mol. The number of nitrogens with one attached hydrogen (secondary N) is 4. The number of sulfonamides is 4. The fraction of sp³-hybridized carbons (Fsp3) is 0.360. The van der Waals surface area contributed by atoms with Gasteiger partial charge in [-0.05, 0) is 189 Å². The Morgan fingerprint density at radius 3 is 0.919 bits per heavy atom. The van der Waals surface area contributed by atoms with Gasteiger partial charge in [0.15, 0.2) is 20.1 Å². The number of fused-ring (bicyclic) bond motifs is 8. The molecule has 4 saturated heterocycles. The minimum Gasteiger partial charge on any atom is -0.348 e. The minimum atomic E-state index is -3.74. The third-order valence-corrected chi connectivity index (χ3v) is 35.9. The van der Waals surface area contributed by atoms with Crippen LogP contribution in [0.4, 0.5) is 13.2 Å². The molecule has 8 heterocycles. The predicted octanol–water partition coefficient (Wildman–Crippen LogP) is 12.9. The van der Waals surface area contributed by atoms with Crippen molar-refractivity contribution < 1.29 is 66.0 Å². The zero-order chi connectivity index (χ0) is 94.6. The molecule has 4 atom stereocenters. The van der Waals surface area contributed by atoms with E-state index in [4.69, 9.17) is 11.6 Å². The number of carbonyl (C=O) groups is 4. The van der Waals surface area contributed by atoms with Gasteiger partial charge in [0.25, 0.3) is 63.7 Å². The number of hydrogen-bond acceptors (Lipinski definition) is 16. The van der Waals surface area contributed by atoms with Gasteiger partial charge in [-0.1, -0.05) is 165 Å². The van der Waals surface area contributed by atoms with Crippen LogP contribution in [-0.4, -0.2) is 189 Å². The molecule has 0 bridgehead atoms. The number of amides is 4. The summed E-state index contributed by atoms with van der Waals surface area (Å²) in [4.78, 5) is 68.3. The van der Waals surface area contributed by atoms with Crippen LogP contribution in [0.1, 0.15) is 163 Å². The largest absolute Gasteiger partial charge is 0.348 e. The Labute approximate surface area is 797 Å². The van der Waals surface area contributed by atoms with Crippen LogP contribution in [0.15, 0.2) is 252 Å². The van der Waals surface area contributed by atoms with Crippen molar-refractivity contribution in [1.29, 1.82) is 0 Å². The molecular formula is C100H112ClF3N16O12S4. The van der Waals surface area contributed by atoms with Crippen LogP contribution in [0, 0.1) is 31.3 Å². The summed E-state index contributed by atoms with van der Waals surface area (Å²) in [6.07, 6.45) is 19.1. The maximum atomic E-state index is 14.5. The zero-order valence-electron chi connectivity index (χ0n) is 74.8. The summed E-state index contributed by atoms with van der Waals surface area (Å²) in [6.45, 7) is 6.42. The Kier molecular flexibility index (Phi) is 28.6. The van der Waals surface area contributed by atoms with E-state index in [1.54, 1.807) is 83.7 Å². The van der Waals surface area contributed by atoms with Crippen LogP contribution in [0.25, 0.3) is 0 Å². The molecule has 4 aromatic heterocycles. The molecule has 12 aromatic rings. The van der Waals surface area contributed by atoms with Gasteiger partial charge in [0.05, 0.1) is 41.5 Å². The fourth-order valence-corrected chi connectivity index (χ4v) is 27.2. The molecule has 36 heteroatoms. The number of imidazole rings is 4. The molecule has 4 amide bonds. The number of rotatable bonds is 16. The maximum absolute atomic E-state index is 14.5. The van der Waals surface area contributed by atoms with E-state index in [0.717, 1.165) is 51.9 Å². The normalized spacial score (nSPS) is 19.6. The van der Waals surface area contributed by atoms with Crippen molar-refractivity contribution in [3.63, 3.8) is 0 Å². The van der Waals surface area contributed by atoms with E-state index in [0.29, 0.717) is 126 Å². The lowest BCUT2D eigenvalue weighted by atomic mass is 9.71. The molecule has 4 fully saturated rings. The Balaban J connectivity index is 0.000000137. The number of piperidine rings is 4. The van der Waals surface area contributed by atoms with Gasteiger partial charge in [-0.25, -0.2) is 66.8 Å². The van der Waals surface area contributed by atoms with Crippen molar-refractivity contribution in [2.75, 3.05) is 52.4 Å². The SMILES string of the molecule is C.C.Cc1ccc(C(=O)NC2Cc3ccccc3C23CCN(S(=O)(=O)c2cn(C)cn2)CC3)c(F)c1.Cc1ccc(C(=O)NC2Cc3ccccc3C23CCN(S(=O)(=O)c2cn(C)cn2)CC3)cc1.Cn1cnc(S(=O)(=O)N2CCC3(CC2)c2ccccc2CC3NC(=O)c2c(F)cccc2F)c1.Cn1cnc(S(=O)(=O)N2CCC3(CC2)c2ccccc2CC3NC(=O)c2ccccc2Cl)c1. The van der Waals surface area contributed by atoms with E-state index in [1.807, 2.05) is 97.9 Å². The number of aryl methyl sites for hydroxylation is 6. The minimum absolute atomic E-state index is 0. The maximum Gasteiger partial charge on any atom is 0.262 e. The van der Waals surface area contributed by atoms with Crippen molar-refractivity contribution in [3.05, 3.63) is 332 Å². The van der Waals surface area contributed by atoms with Crippen molar-refractivity contribution in [3.8, 4) is 0 Å². The van der Waals surface area contributed by atoms with E-state index < -0.39 is 91.8 Å². The number of benzene rings is 8. The Hall–Kier alpha value is -11.8. The second kappa shape index (κ2) is 39.4. The first-order valence-corrected chi connectivity index (χ1v) is 50.7. The van der Waals surface area contributed by atoms with E-state index in [1.165, 1.54) is 108 Å². The second-order valence-corrected chi connectivity index (χ2v) is 44.2. The van der Waals surface area contributed by atoms with Gasteiger partial charge in [-0.3, -0.25) is 19.2 Å². The average Bonchev–Trinajstić information content (AvgIpc) is 1.59. The molecule has 28 nitrogen and oxygen atoms in total. The summed E-state index contributed by atoms with van der Waals surface area (Å²) >= 11 is 6.26. The first kappa shape index (κ1) is 98.7. The quantitative estimate of drug-likeness (QED) is 0.0698. The zero-order valence-corrected chi connectivity index (χ0v) is 78.8. The lowest BCUT2D eigenvalue weighted by Gasteiger charge is -2.43. The highest BCUT2D eigenvalue weighted by Crippen LogP contribution is 2.52. The molecule has 716 valence electrons. The average molecular weight is 1950 g/mol. The summed E-state index contributed by atoms with van der Waals surface area (Å²) in [5, 5.41) is 13.1. The monoisotopic (exact) mass is 1950 g/mol. The van der Waals surface area contributed by atoms with Crippen LogP contribution >= 0.6 is 11.6 Å². The van der Waals surface area contributed by atoms with Crippen molar-refractivity contribution >= 4 is 75.3 Å². The van der Waals surface area contributed by atoms with Gasteiger partial charge in [-0.15, -0.1) is 0 Å². The van der Waals surface area contributed by atoms with Crippen LogP contribution in [0.2, 0.25) is 5.02 Å². The van der Waals surface area contributed by atoms with Crippen LogP contribution < -0.4 is 21.3 Å². The first-order valence-electron chi connectivity index (χ1n) is 44.5. The van der Waals surface area contributed by atoms with E-state index in [2.05, 4.69) is 71.5 Å². The fourth-order valence-electron chi connectivity index (χ4n) is 21.3. The molecule has 20 rings (SSSR count). The van der Waals surface area contributed by atoms with Gasteiger partial charge in [-0.2, -0.15) is 17.2 Å². The molecule has 4 spiro atoms. The molecule has 0 saturated carbocycles. The van der Waals surface area contributed by atoms with Gasteiger partial charge in [0, 0.05) is 157 Å². The van der Waals surface area contributed by atoms with Gasteiger partial charge in [0.1, 0.15) is 23.0 Å². The Morgan fingerprint density at radius 1 is 0.338 bits per heavy atom. The van der Waals surface area contributed by atoms with Gasteiger partial charge in [0.2, 0.25) is 0 Å². The molecule has 136 heavy (non-hydrogen) atoms. The highest BCUT2D eigenvalue weighted by molar-refractivity contribution is 7.90. The number of nitrogens with zero attached hydrogens (tertiary/aromatic N) is 12. The molecule has 8 aromatic carbocycles.